The normalized spacial score (nSPS) is 29.5. The Morgan fingerprint density at radius 3 is 2.96 bits per heavy atom. The van der Waals surface area contributed by atoms with Gasteiger partial charge in [-0.1, -0.05) is 30.4 Å². The van der Waals surface area contributed by atoms with E-state index in [2.05, 4.69) is 34.0 Å². The van der Waals surface area contributed by atoms with E-state index in [9.17, 15) is 9.59 Å². The van der Waals surface area contributed by atoms with Gasteiger partial charge in [0.2, 0.25) is 5.91 Å². The average molecular weight is 464 g/mol. The molecule has 1 amide bonds. The number of methoxy groups -OCH3 is 1. The second-order valence-corrected chi connectivity index (χ2v) is 8.39. The number of fused-ring (bicyclic) bond motifs is 1. The van der Waals surface area contributed by atoms with Crippen LogP contribution in [-0.2, 0) is 19.7 Å². The number of halogens is 1. The average Bonchev–Trinajstić information content (AvgIpc) is 3.13. The fraction of sp³-hybridized carbons (Fsp3) is 0.400. The predicted molar refractivity (Wildman–Crippen MR) is 108 cm³/mol. The molecule has 0 radical (unpaired) electrons. The Morgan fingerprint density at radius 1 is 1.46 bits per heavy atom. The Balaban J connectivity index is 1.85. The van der Waals surface area contributed by atoms with Crippen LogP contribution in [0.2, 0.25) is 0 Å². The predicted octanol–water partition coefficient (Wildman–Crippen LogP) is 3.16. The van der Waals surface area contributed by atoms with Crippen LogP contribution in [0, 0.1) is 0 Å². The van der Waals surface area contributed by atoms with E-state index >= 15 is 0 Å². The largest absolute Gasteiger partial charge is 0.466 e. The van der Waals surface area contributed by atoms with Gasteiger partial charge in [0, 0.05) is 21.7 Å². The molecule has 0 aromatic heterocycles. The summed E-state index contributed by atoms with van der Waals surface area (Å²) in [5.41, 5.74) is 2.36. The minimum Gasteiger partial charge on any atom is -0.466 e. The number of hydrogen-bond donors (Lipinski definition) is 1. The molecule has 1 aromatic rings. The number of carbonyl (C=O) groups excluding carboxylic acids is 2. The smallest absolute Gasteiger partial charge is 0.335 e. The van der Waals surface area contributed by atoms with Crippen LogP contribution < -0.4 is 5.32 Å². The number of carbonyl (C=O) groups is 2. The highest BCUT2D eigenvalue weighted by Gasteiger charge is 2.63. The summed E-state index contributed by atoms with van der Waals surface area (Å²) < 4.78 is 6.17. The molecule has 136 valence electrons. The molecular formula is C20H21IN2O3. The SMILES string of the molecule is C/C=C(\I)CN1C(=O)CC23c4ccccc4NC2C(C(=O)OC)=CCC13. The summed E-state index contributed by atoms with van der Waals surface area (Å²) in [6.07, 6.45) is 5.06. The van der Waals surface area contributed by atoms with Crippen molar-refractivity contribution in [2.75, 3.05) is 19.0 Å². The van der Waals surface area contributed by atoms with Gasteiger partial charge in [0.15, 0.2) is 0 Å². The summed E-state index contributed by atoms with van der Waals surface area (Å²) in [6.45, 7) is 2.61. The Hall–Kier alpha value is -1.83. The lowest BCUT2D eigenvalue weighted by molar-refractivity contribution is -0.136. The summed E-state index contributed by atoms with van der Waals surface area (Å²) in [5, 5.41) is 3.51. The van der Waals surface area contributed by atoms with E-state index in [1.165, 1.54) is 7.11 Å². The van der Waals surface area contributed by atoms with Crippen molar-refractivity contribution in [3.63, 3.8) is 0 Å². The molecule has 3 atom stereocenters. The van der Waals surface area contributed by atoms with Crippen molar-refractivity contribution in [1.29, 1.82) is 0 Å². The number of likely N-dealkylation sites (tertiary alicyclic amines) is 1. The number of nitrogens with one attached hydrogen (secondary N) is 1. The molecular weight excluding hydrogens is 443 g/mol. The third kappa shape index (κ3) is 2.34. The summed E-state index contributed by atoms with van der Waals surface area (Å²) in [6, 6.07) is 7.91. The lowest BCUT2D eigenvalue weighted by Gasteiger charge is -2.42. The Bertz CT molecular complexity index is 847. The van der Waals surface area contributed by atoms with Crippen molar-refractivity contribution < 1.29 is 14.3 Å². The molecule has 6 heteroatoms. The van der Waals surface area contributed by atoms with Crippen LogP contribution in [0.25, 0.3) is 0 Å². The maximum Gasteiger partial charge on any atom is 0.335 e. The number of hydrogen-bond acceptors (Lipinski definition) is 4. The van der Waals surface area contributed by atoms with Crippen molar-refractivity contribution in [2.45, 2.75) is 37.3 Å². The minimum absolute atomic E-state index is 0.0364. The molecule has 1 aliphatic carbocycles. The fourth-order valence-corrected chi connectivity index (χ4v) is 5.13. The molecule has 1 spiro atoms. The van der Waals surface area contributed by atoms with Crippen molar-refractivity contribution >= 4 is 40.2 Å². The first kappa shape index (κ1) is 17.6. The quantitative estimate of drug-likeness (QED) is 0.552. The second kappa shape index (κ2) is 6.40. The first-order valence-electron chi connectivity index (χ1n) is 8.77. The molecule has 1 saturated heterocycles. The molecule has 4 rings (SSSR count). The molecule has 2 aliphatic heterocycles. The molecule has 0 bridgehead atoms. The van der Waals surface area contributed by atoms with E-state index < -0.39 is 5.41 Å². The lowest BCUT2D eigenvalue weighted by atomic mass is 9.65. The van der Waals surface area contributed by atoms with Crippen LogP contribution in [0.15, 0.2) is 45.6 Å². The van der Waals surface area contributed by atoms with Gasteiger partial charge in [-0.15, -0.1) is 0 Å². The Morgan fingerprint density at radius 2 is 2.23 bits per heavy atom. The number of rotatable bonds is 3. The van der Waals surface area contributed by atoms with E-state index in [4.69, 9.17) is 4.74 Å². The number of allylic oxidation sites excluding steroid dienone is 1. The van der Waals surface area contributed by atoms with Gasteiger partial charge in [-0.2, -0.15) is 0 Å². The topological polar surface area (TPSA) is 58.6 Å². The Labute approximate surface area is 166 Å². The van der Waals surface area contributed by atoms with Crippen molar-refractivity contribution in [3.05, 3.63) is 51.1 Å². The highest BCUT2D eigenvalue weighted by molar-refractivity contribution is 14.1. The molecule has 1 N–H and O–H groups in total. The molecule has 26 heavy (non-hydrogen) atoms. The summed E-state index contributed by atoms with van der Waals surface area (Å²) in [7, 11) is 1.41. The van der Waals surface area contributed by atoms with Crippen LogP contribution in [0.3, 0.4) is 0 Å². The number of amides is 1. The van der Waals surface area contributed by atoms with Gasteiger partial charge < -0.3 is 15.0 Å². The van der Waals surface area contributed by atoms with Crippen LogP contribution in [-0.4, -0.2) is 42.5 Å². The standard InChI is InChI=1S/C20H21IN2O3/c1-3-12(21)11-23-16-9-8-13(19(25)26-2)18-20(16,10-17(23)24)14-6-4-5-7-15(14)22-18/h3-8,16,18,22H,9-11H2,1-2H3/b12-3-. The van der Waals surface area contributed by atoms with Crippen molar-refractivity contribution in [2.24, 2.45) is 0 Å². The monoisotopic (exact) mass is 464 g/mol. The number of benzene rings is 1. The van der Waals surface area contributed by atoms with Gasteiger partial charge in [-0.05, 0) is 47.6 Å². The number of esters is 1. The van der Waals surface area contributed by atoms with E-state index in [0.717, 1.165) is 14.8 Å². The molecule has 5 nitrogen and oxygen atoms in total. The van der Waals surface area contributed by atoms with Crippen molar-refractivity contribution in [3.8, 4) is 0 Å². The zero-order valence-electron chi connectivity index (χ0n) is 14.8. The molecule has 0 saturated carbocycles. The third-order valence-electron chi connectivity index (χ3n) is 5.91. The number of nitrogens with zero attached hydrogens (tertiary/aromatic N) is 1. The summed E-state index contributed by atoms with van der Waals surface area (Å²) >= 11 is 2.29. The molecule has 1 fully saturated rings. The molecule has 2 heterocycles. The van der Waals surface area contributed by atoms with E-state index in [0.29, 0.717) is 25.0 Å². The van der Waals surface area contributed by atoms with Crippen LogP contribution in [0.5, 0.6) is 0 Å². The minimum atomic E-state index is -0.420. The highest BCUT2D eigenvalue weighted by atomic mass is 127. The lowest BCUT2D eigenvalue weighted by Crippen LogP contribution is -2.53. The van der Waals surface area contributed by atoms with Crippen LogP contribution in [0.4, 0.5) is 5.69 Å². The summed E-state index contributed by atoms with van der Waals surface area (Å²) in [5.74, 6) is -0.170. The first-order valence-corrected chi connectivity index (χ1v) is 9.85. The zero-order chi connectivity index (χ0) is 18.5. The molecule has 3 unspecified atom stereocenters. The van der Waals surface area contributed by atoms with Gasteiger partial charge in [0.25, 0.3) is 0 Å². The van der Waals surface area contributed by atoms with Crippen molar-refractivity contribution in [1.82, 2.24) is 4.90 Å². The number of ether oxygens (including phenoxy) is 1. The maximum atomic E-state index is 13.0. The van der Waals surface area contributed by atoms with Crippen LogP contribution in [0.1, 0.15) is 25.3 Å². The number of anilines is 1. The molecule has 3 aliphatic rings. The Kier molecular flexibility index (Phi) is 4.33. The van der Waals surface area contributed by atoms with E-state index in [-0.39, 0.29) is 24.0 Å². The molecule has 1 aromatic carbocycles. The van der Waals surface area contributed by atoms with Gasteiger partial charge >= 0.3 is 5.97 Å². The zero-order valence-corrected chi connectivity index (χ0v) is 16.9. The van der Waals surface area contributed by atoms with E-state index in [1.54, 1.807) is 0 Å². The van der Waals surface area contributed by atoms with Gasteiger partial charge in [0.1, 0.15) is 0 Å². The van der Waals surface area contributed by atoms with Gasteiger partial charge in [0.05, 0.1) is 30.7 Å². The summed E-state index contributed by atoms with van der Waals surface area (Å²) in [4.78, 5) is 27.4. The third-order valence-corrected chi connectivity index (χ3v) is 6.87. The number of para-hydroxylation sites is 1. The second-order valence-electron chi connectivity index (χ2n) is 7.00. The van der Waals surface area contributed by atoms with Gasteiger partial charge in [-0.25, -0.2) is 4.79 Å². The van der Waals surface area contributed by atoms with Crippen LogP contribution >= 0.6 is 22.6 Å². The first-order chi connectivity index (χ1) is 12.5. The fourth-order valence-electron chi connectivity index (χ4n) is 4.77. The van der Waals surface area contributed by atoms with Gasteiger partial charge in [-0.3, -0.25) is 4.79 Å². The highest BCUT2D eigenvalue weighted by Crippen LogP contribution is 2.56. The van der Waals surface area contributed by atoms with E-state index in [1.807, 2.05) is 42.2 Å². The maximum absolute atomic E-state index is 13.0.